The first kappa shape index (κ1) is 17.5. The fourth-order valence-electron chi connectivity index (χ4n) is 3.17. The second-order valence-electron chi connectivity index (χ2n) is 6.33. The van der Waals surface area contributed by atoms with Crippen molar-refractivity contribution in [1.29, 1.82) is 0 Å². The SMILES string of the molecule is O=C(NCc1cccc(C(F)(F)F)c1)C1(c2cccc(F)c2)CCC1. The molecule has 0 spiro atoms. The van der Waals surface area contributed by atoms with Crippen LogP contribution in [0.5, 0.6) is 0 Å². The van der Waals surface area contributed by atoms with Gasteiger partial charge in [0.2, 0.25) is 5.91 Å². The molecule has 1 N–H and O–H groups in total. The summed E-state index contributed by atoms with van der Waals surface area (Å²) in [7, 11) is 0. The molecule has 0 saturated heterocycles. The number of benzene rings is 2. The number of carbonyl (C=O) groups is 1. The number of hydrogen-bond acceptors (Lipinski definition) is 1. The van der Waals surface area contributed by atoms with Crippen molar-refractivity contribution in [3.8, 4) is 0 Å². The number of alkyl halides is 3. The Morgan fingerprint density at radius 3 is 2.40 bits per heavy atom. The molecule has 1 aliphatic carbocycles. The van der Waals surface area contributed by atoms with Gasteiger partial charge in [-0.15, -0.1) is 0 Å². The van der Waals surface area contributed by atoms with Crippen molar-refractivity contribution in [2.75, 3.05) is 0 Å². The lowest BCUT2D eigenvalue weighted by molar-refractivity contribution is -0.137. The van der Waals surface area contributed by atoms with E-state index in [1.165, 1.54) is 24.3 Å². The number of nitrogens with one attached hydrogen (secondary N) is 1. The third-order valence-electron chi connectivity index (χ3n) is 4.73. The lowest BCUT2D eigenvalue weighted by Crippen LogP contribution is -2.49. The van der Waals surface area contributed by atoms with Crippen molar-refractivity contribution in [1.82, 2.24) is 5.32 Å². The molecule has 2 aromatic rings. The van der Waals surface area contributed by atoms with E-state index in [4.69, 9.17) is 0 Å². The fraction of sp³-hybridized carbons (Fsp3) is 0.316. The Hall–Kier alpha value is -2.37. The molecule has 0 unspecified atom stereocenters. The summed E-state index contributed by atoms with van der Waals surface area (Å²) in [5.74, 6) is -0.684. The minimum absolute atomic E-state index is 0.000180. The Kier molecular flexibility index (Phi) is 4.54. The van der Waals surface area contributed by atoms with Crippen LogP contribution in [0.1, 0.15) is 36.0 Å². The number of halogens is 4. The molecule has 0 aliphatic heterocycles. The van der Waals surface area contributed by atoms with Crippen LogP contribution in [0.4, 0.5) is 17.6 Å². The first-order valence-corrected chi connectivity index (χ1v) is 8.02. The molecule has 25 heavy (non-hydrogen) atoms. The standard InChI is InChI=1S/C19H17F4NO/c20-16-7-2-5-14(11-16)18(8-3-9-18)17(25)24-12-13-4-1-6-15(10-13)19(21,22)23/h1-2,4-7,10-11H,3,8-9,12H2,(H,24,25). The van der Waals surface area contributed by atoms with E-state index in [1.807, 2.05) is 0 Å². The van der Waals surface area contributed by atoms with E-state index in [9.17, 15) is 22.4 Å². The van der Waals surface area contributed by atoms with Crippen LogP contribution in [0, 0.1) is 5.82 Å². The zero-order valence-electron chi connectivity index (χ0n) is 13.4. The molecule has 1 saturated carbocycles. The Balaban J connectivity index is 1.74. The third-order valence-corrected chi connectivity index (χ3v) is 4.73. The topological polar surface area (TPSA) is 29.1 Å². The molecule has 0 radical (unpaired) electrons. The highest BCUT2D eigenvalue weighted by atomic mass is 19.4. The molecule has 0 aromatic heterocycles. The largest absolute Gasteiger partial charge is 0.416 e. The Labute approximate surface area is 142 Å². The molecule has 3 rings (SSSR count). The van der Waals surface area contributed by atoms with Gasteiger partial charge in [-0.05, 0) is 48.2 Å². The summed E-state index contributed by atoms with van der Waals surface area (Å²) in [6, 6.07) is 10.8. The highest BCUT2D eigenvalue weighted by Gasteiger charge is 2.45. The lowest BCUT2D eigenvalue weighted by Gasteiger charge is -2.40. The molecule has 2 nitrogen and oxygen atoms in total. The van der Waals surface area contributed by atoms with Gasteiger partial charge in [-0.3, -0.25) is 4.79 Å². The highest BCUT2D eigenvalue weighted by molar-refractivity contribution is 5.89. The predicted octanol–water partition coefficient (Wildman–Crippen LogP) is 4.58. The zero-order chi connectivity index (χ0) is 18.1. The van der Waals surface area contributed by atoms with Crippen molar-refractivity contribution in [3.63, 3.8) is 0 Å². The summed E-state index contributed by atoms with van der Waals surface area (Å²) in [6.07, 6.45) is -2.36. The van der Waals surface area contributed by atoms with Crippen LogP contribution in [-0.2, 0) is 22.9 Å². The lowest BCUT2D eigenvalue weighted by atomic mass is 9.64. The molecule has 132 valence electrons. The molecule has 1 aliphatic rings. The summed E-state index contributed by atoms with van der Waals surface area (Å²) in [5.41, 5.74) is -0.552. The van der Waals surface area contributed by atoms with Gasteiger partial charge < -0.3 is 5.32 Å². The maximum Gasteiger partial charge on any atom is 0.416 e. The molecule has 2 aromatic carbocycles. The Morgan fingerprint density at radius 1 is 1.08 bits per heavy atom. The van der Waals surface area contributed by atoms with Gasteiger partial charge in [-0.2, -0.15) is 13.2 Å². The first-order valence-electron chi connectivity index (χ1n) is 8.02. The number of rotatable bonds is 4. The molecule has 6 heteroatoms. The fourth-order valence-corrected chi connectivity index (χ4v) is 3.17. The van der Waals surface area contributed by atoms with Gasteiger partial charge >= 0.3 is 6.18 Å². The van der Waals surface area contributed by atoms with Crippen LogP contribution in [0.15, 0.2) is 48.5 Å². The molecule has 0 bridgehead atoms. The van der Waals surface area contributed by atoms with E-state index < -0.39 is 23.0 Å². The van der Waals surface area contributed by atoms with Gasteiger partial charge in [0.1, 0.15) is 5.82 Å². The van der Waals surface area contributed by atoms with Crippen LogP contribution in [0.3, 0.4) is 0 Å². The third kappa shape index (κ3) is 3.52. The van der Waals surface area contributed by atoms with E-state index in [2.05, 4.69) is 5.32 Å². The summed E-state index contributed by atoms with van der Waals surface area (Å²) in [5, 5.41) is 2.71. The summed E-state index contributed by atoms with van der Waals surface area (Å²) in [6.45, 7) is -0.000180. The van der Waals surface area contributed by atoms with E-state index in [1.54, 1.807) is 12.1 Å². The molecular weight excluding hydrogens is 334 g/mol. The summed E-state index contributed by atoms with van der Waals surface area (Å²) < 4.78 is 51.8. The van der Waals surface area contributed by atoms with Crippen LogP contribution in [0.25, 0.3) is 0 Å². The maximum atomic E-state index is 13.5. The quantitative estimate of drug-likeness (QED) is 0.803. The van der Waals surface area contributed by atoms with E-state index in [0.29, 0.717) is 24.0 Å². The molecule has 1 amide bonds. The van der Waals surface area contributed by atoms with Gasteiger partial charge in [0.25, 0.3) is 0 Å². The zero-order valence-corrected chi connectivity index (χ0v) is 13.4. The molecule has 0 heterocycles. The van der Waals surface area contributed by atoms with E-state index in [-0.39, 0.29) is 12.5 Å². The first-order chi connectivity index (χ1) is 11.8. The molecule has 1 fully saturated rings. The maximum absolute atomic E-state index is 13.5. The normalized spacial score (nSPS) is 16.2. The van der Waals surface area contributed by atoms with Gasteiger partial charge in [-0.25, -0.2) is 4.39 Å². The summed E-state index contributed by atoms with van der Waals surface area (Å²) in [4.78, 5) is 12.7. The van der Waals surface area contributed by atoms with Gasteiger partial charge in [-0.1, -0.05) is 30.7 Å². The van der Waals surface area contributed by atoms with Crippen molar-refractivity contribution in [3.05, 3.63) is 71.0 Å². The number of amides is 1. The number of hydrogen-bond donors (Lipinski definition) is 1. The van der Waals surface area contributed by atoms with Crippen molar-refractivity contribution < 1.29 is 22.4 Å². The summed E-state index contributed by atoms with van der Waals surface area (Å²) >= 11 is 0. The van der Waals surface area contributed by atoms with Crippen LogP contribution in [-0.4, -0.2) is 5.91 Å². The molecular formula is C19H17F4NO. The Bertz CT molecular complexity index is 781. The van der Waals surface area contributed by atoms with Crippen molar-refractivity contribution >= 4 is 5.91 Å². The smallest absolute Gasteiger partial charge is 0.351 e. The van der Waals surface area contributed by atoms with Crippen LogP contribution < -0.4 is 5.32 Å². The van der Waals surface area contributed by atoms with Gasteiger partial charge in [0, 0.05) is 6.54 Å². The van der Waals surface area contributed by atoms with Crippen molar-refractivity contribution in [2.24, 2.45) is 0 Å². The van der Waals surface area contributed by atoms with E-state index in [0.717, 1.165) is 18.6 Å². The van der Waals surface area contributed by atoms with Gasteiger partial charge in [0.05, 0.1) is 11.0 Å². The second-order valence-corrected chi connectivity index (χ2v) is 6.33. The van der Waals surface area contributed by atoms with Crippen LogP contribution >= 0.6 is 0 Å². The molecule has 0 atom stereocenters. The minimum atomic E-state index is -4.42. The minimum Gasteiger partial charge on any atom is -0.351 e. The second kappa shape index (κ2) is 6.50. The predicted molar refractivity (Wildman–Crippen MR) is 85.2 cm³/mol. The average molecular weight is 351 g/mol. The monoisotopic (exact) mass is 351 g/mol. The Morgan fingerprint density at radius 2 is 1.80 bits per heavy atom. The van der Waals surface area contributed by atoms with Crippen LogP contribution in [0.2, 0.25) is 0 Å². The number of carbonyl (C=O) groups excluding carboxylic acids is 1. The van der Waals surface area contributed by atoms with Crippen molar-refractivity contribution in [2.45, 2.75) is 37.4 Å². The van der Waals surface area contributed by atoms with E-state index >= 15 is 0 Å². The van der Waals surface area contributed by atoms with Gasteiger partial charge in [0.15, 0.2) is 0 Å². The average Bonchev–Trinajstić information content (AvgIpc) is 2.51. The highest BCUT2D eigenvalue weighted by Crippen LogP contribution is 2.44.